The van der Waals surface area contributed by atoms with Crippen LogP contribution in [0, 0.1) is 0 Å². The zero-order valence-corrected chi connectivity index (χ0v) is 12.6. The minimum atomic E-state index is -3.21. The van der Waals surface area contributed by atoms with Crippen LogP contribution in [0.15, 0.2) is 18.2 Å². The minimum Gasteiger partial charge on any atom is -0.340 e. The summed E-state index contributed by atoms with van der Waals surface area (Å²) in [6.07, 6.45) is 0. The van der Waals surface area contributed by atoms with Gasteiger partial charge in [-0.05, 0) is 19.2 Å². The maximum Gasteiger partial charge on any atom is 0.244 e. The zero-order valence-electron chi connectivity index (χ0n) is 11.7. The van der Waals surface area contributed by atoms with Gasteiger partial charge in [-0.3, -0.25) is 4.57 Å². The van der Waals surface area contributed by atoms with Gasteiger partial charge in [-0.1, -0.05) is 33.8 Å². The molecule has 0 aromatic carbocycles. The van der Waals surface area contributed by atoms with Crippen LogP contribution < -0.4 is 10.8 Å². The molecule has 1 aromatic heterocycles. The Balaban J connectivity index is 0. The fraction of sp³-hybridized carbons (Fsp3) is 0.583. The van der Waals surface area contributed by atoms with Crippen LogP contribution in [0.5, 0.6) is 0 Å². The average Bonchev–Trinajstić information content (AvgIpc) is 2.34. The van der Waals surface area contributed by atoms with Gasteiger partial charge in [0.1, 0.15) is 5.44 Å². The van der Waals surface area contributed by atoms with E-state index in [2.05, 4.69) is 10.3 Å². The Labute approximate surface area is 105 Å². The third-order valence-corrected chi connectivity index (χ3v) is 2.67. The smallest absolute Gasteiger partial charge is 0.244 e. The molecule has 17 heavy (non-hydrogen) atoms. The van der Waals surface area contributed by atoms with E-state index in [1.807, 2.05) is 33.8 Å². The monoisotopic (exact) mass is 260 g/mol. The third kappa shape index (κ3) is 8.08. The predicted molar refractivity (Wildman–Crippen MR) is 75.1 cm³/mol. The summed E-state index contributed by atoms with van der Waals surface area (Å²) < 4.78 is 11.2. The van der Waals surface area contributed by atoms with E-state index in [0.717, 1.165) is 5.69 Å². The normalized spacial score (nSPS) is 12.4. The maximum absolute atomic E-state index is 11.2. The summed E-state index contributed by atoms with van der Waals surface area (Å²) in [5, 5.41) is 2.93. The van der Waals surface area contributed by atoms with Crippen molar-refractivity contribution >= 4 is 12.8 Å². The Morgan fingerprint density at radius 3 is 2.24 bits per heavy atom. The molecule has 0 spiro atoms. The van der Waals surface area contributed by atoms with Crippen LogP contribution in [0.3, 0.4) is 0 Å². The van der Waals surface area contributed by atoms with Gasteiger partial charge in [0.15, 0.2) is 0 Å². The molecule has 4 nitrogen and oxygen atoms in total. The van der Waals surface area contributed by atoms with E-state index in [1.54, 1.807) is 19.2 Å². The Hall–Kier alpha value is -0.700. The second-order valence-electron chi connectivity index (χ2n) is 2.90. The first-order chi connectivity index (χ1) is 8.04. The molecule has 1 aromatic rings. The molecule has 0 saturated carbocycles. The lowest BCUT2D eigenvalue weighted by molar-refractivity contribution is 0.495. The van der Waals surface area contributed by atoms with Crippen LogP contribution in [-0.2, 0) is 11.1 Å². The van der Waals surface area contributed by atoms with Crippen molar-refractivity contribution in [3.8, 4) is 0 Å². The molecule has 0 saturated heterocycles. The number of rotatable bonds is 3. The third-order valence-electron chi connectivity index (χ3n) is 1.58. The fourth-order valence-corrected chi connectivity index (χ4v) is 1.65. The lowest BCUT2D eigenvalue weighted by Crippen LogP contribution is -2.14. The molecule has 100 valence electrons. The Bertz CT molecular complexity index is 337. The highest BCUT2D eigenvalue weighted by molar-refractivity contribution is 7.65. The molecule has 5 heteroatoms. The average molecular weight is 260 g/mol. The van der Waals surface area contributed by atoms with Gasteiger partial charge in [-0.2, -0.15) is 0 Å². The van der Waals surface area contributed by atoms with Crippen molar-refractivity contribution in [1.29, 1.82) is 0 Å². The van der Waals surface area contributed by atoms with E-state index in [9.17, 15) is 9.46 Å². The Morgan fingerprint density at radius 2 is 1.82 bits per heavy atom. The van der Waals surface area contributed by atoms with Gasteiger partial charge in [0.2, 0.25) is 7.37 Å². The van der Waals surface area contributed by atoms with Crippen molar-refractivity contribution < 1.29 is 9.46 Å². The molecule has 0 aliphatic rings. The molecule has 1 atom stereocenters. The number of hydrogen-bond donors (Lipinski definition) is 2. The minimum absolute atomic E-state index is 0.264. The SMILES string of the molecule is CC.CC.CNCc1cccc(P(C)(=O)O)n1. The van der Waals surface area contributed by atoms with Gasteiger partial charge >= 0.3 is 0 Å². The van der Waals surface area contributed by atoms with Crippen LogP contribution in [0.1, 0.15) is 33.4 Å². The molecule has 0 radical (unpaired) electrons. The summed E-state index contributed by atoms with van der Waals surface area (Å²) >= 11 is 0. The van der Waals surface area contributed by atoms with E-state index in [0.29, 0.717) is 6.54 Å². The molecule has 1 unspecified atom stereocenters. The lowest BCUT2D eigenvalue weighted by Gasteiger charge is -2.06. The Morgan fingerprint density at radius 1 is 1.29 bits per heavy atom. The van der Waals surface area contributed by atoms with Crippen molar-refractivity contribution in [2.45, 2.75) is 34.2 Å². The number of aromatic nitrogens is 1. The lowest BCUT2D eigenvalue weighted by atomic mass is 10.3. The van der Waals surface area contributed by atoms with Gasteiger partial charge in [0.25, 0.3) is 0 Å². The predicted octanol–water partition coefficient (Wildman–Crippen LogP) is 2.38. The van der Waals surface area contributed by atoms with Gasteiger partial charge in [-0.25, -0.2) is 4.98 Å². The molecular formula is C12H25N2O2P. The van der Waals surface area contributed by atoms with Crippen molar-refractivity contribution in [2.24, 2.45) is 0 Å². The van der Waals surface area contributed by atoms with Gasteiger partial charge in [0.05, 0.1) is 5.69 Å². The quantitative estimate of drug-likeness (QED) is 0.819. The summed E-state index contributed by atoms with van der Waals surface area (Å²) in [4.78, 5) is 13.3. The molecule has 0 aliphatic heterocycles. The highest BCUT2D eigenvalue weighted by Gasteiger charge is 2.15. The number of nitrogens with one attached hydrogen (secondary N) is 1. The standard InChI is InChI=1S/C8H13N2O2P.2C2H6/c1-9-6-7-4-3-5-8(10-7)13(2,11)12;2*1-2/h3-5,9H,6H2,1-2H3,(H,11,12);2*1-2H3. The molecular weight excluding hydrogens is 235 g/mol. The second kappa shape index (κ2) is 10.5. The van der Waals surface area contributed by atoms with Crippen molar-refractivity contribution in [3.63, 3.8) is 0 Å². The zero-order chi connectivity index (χ0) is 13.9. The van der Waals surface area contributed by atoms with E-state index in [1.165, 1.54) is 6.66 Å². The van der Waals surface area contributed by atoms with E-state index < -0.39 is 7.37 Å². The van der Waals surface area contributed by atoms with E-state index in [4.69, 9.17) is 0 Å². The topological polar surface area (TPSA) is 62.2 Å². The van der Waals surface area contributed by atoms with Gasteiger partial charge in [-0.15, -0.1) is 0 Å². The first kappa shape index (κ1) is 18.7. The van der Waals surface area contributed by atoms with Crippen molar-refractivity contribution in [1.82, 2.24) is 10.3 Å². The van der Waals surface area contributed by atoms with Crippen LogP contribution in [0.25, 0.3) is 0 Å². The highest BCUT2D eigenvalue weighted by atomic mass is 31.2. The molecule has 2 N–H and O–H groups in total. The van der Waals surface area contributed by atoms with E-state index >= 15 is 0 Å². The maximum atomic E-state index is 11.2. The Kier molecular flexibility index (Phi) is 11.5. The first-order valence-corrected chi connectivity index (χ1v) is 8.06. The first-order valence-electron chi connectivity index (χ1n) is 5.95. The number of pyridine rings is 1. The second-order valence-corrected chi connectivity index (χ2v) is 5.11. The van der Waals surface area contributed by atoms with Gasteiger partial charge in [0, 0.05) is 13.2 Å². The highest BCUT2D eigenvalue weighted by Crippen LogP contribution is 2.32. The summed E-state index contributed by atoms with van der Waals surface area (Å²) in [5.74, 6) is 0. The molecule has 0 aliphatic carbocycles. The molecule has 0 fully saturated rings. The number of hydrogen-bond acceptors (Lipinski definition) is 3. The van der Waals surface area contributed by atoms with Crippen molar-refractivity contribution in [2.75, 3.05) is 13.7 Å². The molecule has 0 amide bonds. The summed E-state index contributed by atoms with van der Waals surface area (Å²) in [6.45, 7) is 9.90. The van der Waals surface area contributed by atoms with Crippen LogP contribution in [0.4, 0.5) is 0 Å². The van der Waals surface area contributed by atoms with Crippen molar-refractivity contribution in [3.05, 3.63) is 23.9 Å². The molecule has 1 rings (SSSR count). The van der Waals surface area contributed by atoms with Gasteiger partial charge < -0.3 is 10.2 Å². The fourth-order valence-electron chi connectivity index (χ4n) is 0.978. The largest absolute Gasteiger partial charge is 0.340 e. The summed E-state index contributed by atoms with van der Waals surface area (Å²) in [5.41, 5.74) is 1.04. The molecule has 0 bridgehead atoms. The summed E-state index contributed by atoms with van der Waals surface area (Å²) in [7, 11) is -1.40. The van der Waals surface area contributed by atoms with Crippen LogP contribution in [-0.4, -0.2) is 23.6 Å². The number of nitrogens with zero attached hydrogens (tertiary/aromatic N) is 1. The molecule has 1 heterocycles. The summed E-state index contributed by atoms with van der Waals surface area (Å²) in [6, 6.07) is 5.12. The van der Waals surface area contributed by atoms with Crippen LogP contribution in [0.2, 0.25) is 0 Å². The van der Waals surface area contributed by atoms with Crippen LogP contribution >= 0.6 is 7.37 Å². The van der Waals surface area contributed by atoms with E-state index in [-0.39, 0.29) is 5.44 Å².